The highest BCUT2D eigenvalue weighted by atomic mass is 16.5. The van der Waals surface area contributed by atoms with Crippen molar-refractivity contribution in [2.75, 3.05) is 0 Å². The molecule has 1 saturated heterocycles. The highest BCUT2D eigenvalue weighted by Crippen LogP contribution is 2.37. The Morgan fingerprint density at radius 2 is 1.72 bits per heavy atom. The number of ether oxygens (including phenoxy) is 1. The number of carboxylic acid groups (broad SMARTS) is 1. The summed E-state index contributed by atoms with van der Waals surface area (Å²) in [6.45, 7) is 8.39. The minimum Gasteiger partial charge on any atom is -0.478 e. The van der Waals surface area contributed by atoms with Crippen molar-refractivity contribution in [1.82, 2.24) is 5.32 Å². The maximum atomic E-state index is 12.6. The zero-order valence-electron chi connectivity index (χ0n) is 15.3. The molecular formula is C20H27NO4. The van der Waals surface area contributed by atoms with E-state index in [1.54, 1.807) is 0 Å². The number of carbonyl (C=O) groups is 2. The largest absolute Gasteiger partial charge is 0.478 e. The lowest BCUT2D eigenvalue weighted by molar-refractivity contribution is -0.142. The Labute approximate surface area is 149 Å². The molecule has 0 aliphatic carbocycles. The molecule has 1 aromatic rings. The first-order chi connectivity index (χ1) is 11.6. The van der Waals surface area contributed by atoms with Gasteiger partial charge in [-0.15, -0.1) is 0 Å². The minimum atomic E-state index is -1.12. The quantitative estimate of drug-likeness (QED) is 0.632. The molecule has 0 aromatic heterocycles. The van der Waals surface area contributed by atoms with Crippen molar-refractivity contribution in [1.29, 1.82) is 0 Å². The van der Waals surface area contributed by atoms with Crippen molar-refractivity contribution in [3.05, 3.63) is 47.5 Å². The van der Waals surface area contributed by atoms with E-state index in [2.05, 4.69) is 33.0 Å². The van der Waals surface area contributed by atoms with Crippen LogP contribution in [0.3, 0.4) is 0 Å². The van der Waals surface area contributed by atoms with Crippen molar-refractivity contribution in [3.63, 3.8) is 0 Å². The number of esters is 1. The van der Waals surface area contributed by atoms with Crippen LogP contribution in [0, 0.1) is 5.92 Å². The van der Waals surface area contributed by atoms with Gasteiger partial charge in [0.2, 0.25) is 0 Å². The molecule has 25 heavy (non-hydrogen) atoms. The molecule has 0 spiro atoms. The maximum absolute atomic E-state index is 12.6. The summed E-state index contributed by atoms with van der Waals surface area (Å²) in [7, 11) is 0. The number of carbonyl (C=O) groups excluding carboxylic acids is 1. The number of hydrogen-bond acceptors (Lipinski definition) is 4. The third-order valence-corrected chi connectivity index (χ3v) is 4.36. The second-order valence-corrected chi connectivity index (χ2v) is 8.00. The molecular weight excluding hydrogens is 318 g/mol. The molecule has 5 nitrogen and oxygen atoms in total. The molecule has 0 amide bonds. The fourth-order valence-electron chi connectivity index (χ4n) is 3.83. The molecule has 0 atom stereocenters. The van der Waals surface area contributed by atoms with Gasteiger partial charge in [-0.3, -0.25) is 0 Å². The number of hydrogen-bond donors (Lipinski definition) is 2. The second-order valence-electron chi connectivity index (χ2n) is 8.00. The van der Waals surface area contributed by atoms with E-state index in [1.165, 1.54) is 0 Å². The lowest BCUT2D eigenvalue weighted by atomic mass is 9.73. The molecule has 2 rings (SSSR count). The first kappa shape index (κ1) is 19.2. The van der Waals surface area contributed by atoms with Crippen LogP contribution < -0.4 is 5.32 Å². The summed E-state index contributed by atoms with van der Waals surface area (Å²) in [6.07, 6.45) is 2.36. The van der Waals surface area contributed by atoms with E-state index in [-0.39, 0.29) is 29.2 Å². The van der Waals surface area contributed by atoms with E-state index < -0.39 is 11.9 Å². The fraction of sp³-hybridized carbons (Fsp3) is 0.500. The molecule has 136 valence electrons. The number of piperidine rings is 1. The summed E-state index contributed by atoms with van der Waals surface area (Å²) in [5, 5.41) is 12.7. The Balaban J connectivity index is 2.18. The van der Waals surface area contributed by atoms with Crippen molar-refractivity contribution >= 4 is 11.9 Å². The van der Waals surface area contributed by atoms with E-state index in [4.69, 9.17) is 4.74 Å². The van der Waals surface area contributed by atoms with Gasteiger partial charge in [0.05, 0.1) is 0 Å². The van der Waals surface area contributed by atoms with Gasteiger partial charge in [-0.2, -0.15) is 0 Å². The molecule has 1 heterocycles. The van der Waals surface area contributed by atoms with Gasteiger partial charge in [0.15, 0.2) is 0 Å². The van der Waals surface area contributed by atoms with Crippen LogP contribution in [-0.4, -0.2) is 28.1 Å². The Morgan fingerprint density at radius 3 is 2.24 bits per heavy atom. The van der Waals surface area contributed by atoms with E-state index >= 15 is 0 Å². The van der Waals surface area contributed by atoms with Gasteiger partial charge >= 0.3 is 11.9 Å². The van der Waals surface area contributed by atoms with Crippen LogP contribution in [0.1, 0.15) is 46.1 Å². The predicted octanol–water partition coefficient (Wildman–Crippen LogP) is 3.30. The van der Waals surface area contributed by atoms with E-state index in [0.29, 0.717) is 12.8 Å². The van der Waals surface area contributed by atoms with Crippen LogP contribution in [0.25, 0.3) is 0 Å². The monoisotopic (exact) mass is 345 g/mol. The van der Waals surface area contributed by atoms with Crippen molar-refractivity contribution < 1.29 is 19.4 Å². The molecule has 5 heteroatoms. The molecule has 0 radical (unpaired) electrons. The standard InChI is InChI=1S/C20H27NO4/c1-19(2)11-15(12-20(3,4)21-19)16(10-17(22)23)18(24)25-13-14-8-6-5-7-9-14/h5-10,15,21H,11-13H2,1-4H3,(H,22,23)/b16-10-. The SMILES string of the molecule is CC1(C)CC(/C(=C/C(=O)O)C(=O)OCc2ccccc2)CC(C)(C)N1. The van der Waals surface area contributed by atoms with Gasteiger partial charge < -0.3 is 15.2 Å². The Kier molecular flexibility index (Phi) is 5.68. The molecule has 2 N–H and O–H groups in total. The number of aliphatic carboxylic acids is 1. The van der Waals surface area contributed by atoms with Gasteiger partial charge in [0.1, 0.15) is 6.61 Å². The van der Waals surface area contributed by atoms with Crippen LogP contribution in [0.5, 0.6) is 0 Å². The highest BCUT2D eigenvalue weighted by Gasteiger charge is 2.40. The Morgan fingerprint density at radius 1 is 1.16 bits per heavy atom. The maximum Gasteiger partial charge on any atom is 0.334 e. The van der Waals surface area contributed by atoms with Gasteiger partial charge in [0.25, 0.3) is 0 Å². The van der Waals surface area contributed by atoms with Crippen LogP contribution >= 0.6 is 0 Å². The second kappa shape index (κ2) is 7.40. The summed E-state index contributed by atoms with van der Waals surface area (Å²) in [5.74, 6) is -1.84. The summed E-state index contributed by atoms with van der Waals surface area (Å²) < 4.78 is 5.39. The molecule has 0 unspecified atom stereocenters. The normalized spacial score (nSPS) is 20.1. The van der Waals surface area contributed by atoms with E-state index in [9.17, 15) is 14.7 Å². The Hall–Kier alpha value is -2.14. The number of benzene rings is 1. The Bertz CT molecular complexity index is 646. The van der Waals surface area contributed by atoms with Crippen molar-refractivity contribution in [2.24, 2.45) is 5.92 Å². The summed E-state index contributed by atoms with van der Waals surface area (Å²) in [4.78, 5) is 23.9. The summed E-state index contributed by atoms with van der Waals surface area (Å²) in [6, 6.07) is 9.36. The van der Waals surface area contributed by atoms with Crippen LogP contribution in [-0.2, 0) is 20.9 Å². The number of nitrogens with one attached hydrogen (secondary N) is 1. The van der Waals surface area contributed by atoms with Crippen LogP contribution in [0.15, 0.2) is 42.0 Å². The molecule has 1 fully saturated rings. The summed E-state index contributed by atoms with van der Waals surface area (Å²) in [5.41, 5.74) is 0.732. The molecule has 1 aliphatic heterocycles. The zero-order valence-corrected chi connectivity index (χ0v) is 15.3. The number of rotatable bonds is 5. The lowest BCUT2D eigenvalue weighted by Gasteiger charge is -2.46. The average Bonchev–Trinajstić information content (AvgIpc) is 2.48. The van der Waals surface area contributed by atoms with Crippen molar-refractivity contribution in [3.8, 4) is 0 Å². The van der Waals surface area contributed by atoms with Gasteiger partial charge in [-0.05, 0) is 52.0 Å². The topological polar surface area (TPSA) is 75.6 Å². The molecule has 1 aromatic carbocycles. The van der Waals surface area contributed by atoms with Gasteiger partial charge in [-0.1, -0.05) is 30.3 Å². The van der Waals surface area contributed by atoms with Crippen LogP contribution in [0.4, 0.5) is 0 Å². The zero-order chi connectivity index (χ0) is 18.7. The number of carboxylic acids is 1. The highest BCUT2D eigenvalue weighted by molar-refractivity contribution is 5.96. The minimum absolute atomic E-state index is 0.133. The predicted molar refractivity (Wildman–Crippen MR) is 96.0 cm³/mol. The average molecular weight is 345 g/mol. The third kappa shape index (κ3) is 5.71. The summed E-state index contributed by atoms with van der Waals surface area (Å²) >= 11 is 0. The molecule has 0 saturated carbocycles. The van der Waals surface area contributed by atoms with Gasteiger partial charge in [0, 0.05) is 22.7 Å². The third-order valence-electron chi connectivity index (χ3n) is 4.36. The first-order valence-electron chi connectivity index (χ1n) is 8.53. The first-order valence-corrected chi connectivity index (χ1v) is 8.53. The van der Waals surface area contributed by atoms with Crippen molar-refractivity contribution in [2.45, 2.75) is 58.2 Å². The van der Waals surface area contributed by atoms with E-state index in [0.717, 1.165) is 11.6 Å². The smallest absolute Gasteiger partial charge is 0.334 e. The fourth-order valence-corrected chi connectivity index (χ4v) is 3.83. The van der Waals surface area contributed by atoms with Gasteiger partial charge in [-0.25, -0.2) is 9.59 Å². The lowest BCUT2D eigenvalue weighted by Crippen LogP contribution is -2.58. The molecule has 1 aliphatic rings. The van der Waals surface area contributed by atoms with E-state index in [1.807, 2.05) is 30.3 Å². The van der Waals surface area contributed by atoms with Crippen LogP contribution in [0.2, 0.25) is 0 Å². The molecule has 0 bridgehead atoms.